The molecule has 17 heavy (non-hydrogen) atoms. The maximum absolute atomic E-state index is 5.63. The van der Waals surface area contributed by atoms with E-state index in [9.17, 15) is 0 Å². The molecule has 1 heteroatoms. The predicted octanol–water partition coefficient (Wildman–Crippen LogP) is 6.26. The fraction of sp³-hybridized carbons (Fsp3) is 0.750. The minimum atomic E-state index is 0.826. The van der Waals surface area contributed by atoms with Crippen LogP contribution < -0.4 is 0 Å². The van der Waals surface area contributed by atoms with E-state index in [2.05, 4.69) is 31.2 Å². The molecule has 0 aromatic carbocycles. The summed E-state index contributed by atoms with van der Waals surface area (Å²) in [5.74, 6) is 0.826. The van der Waals surface area contributed by atoms with E-state index in [1.54, 1.807) is 0 Å². The van der Waals surface area contributed by atoms with E-state index in [-0.39, 0.29) is 0 Å². The zero-order valence-electron chi connectivity index (χ0n) is 11.5. The monoisotopic (exact) mass is 256 g/mol. The van der Waals surface area contributed by atoms with Crippen molar-refractivity contribution in [1.29, 1.82) is 0 Å². The van der Waals surface area contributed by atoms with Crippen molar-refractivity contribution < 1.29 is 0 Å². The van der Waals surface area contributed by atoms with Gasteiger partial charge in [0.15, 0.2) is 0 Å². The van der Waals surface area contributed by atoms with Gasteiger partial charge in [-0.05, 0) is 25.7 Å². The molecule has 0 spiro atoms. The minimum Gasteiger partial charge on any atom is -0.127 e. The average molecular weight is 257 g/mol. The van der Waals surface area contributed by atoms with Gasteiger partial charge in [-0.3, -0.25) is 0 Å². The van der Waals surface area contributed by atoms with Crippen LogP contribution in [0.1, 0.15) is 71.1 Å². The molecular weight excluding hydrogens is 228 g/mol. The van der Waals surface area contributed by atoms with Gasteiger partial charge < -0.3 is 0 Å². The van der Waals surface area contributed by atoms with Gasteiger partial charge in [0.2, 0.25) is 0 Å². The van der Waals surface area contributed by atoms with Gasteiger partial charge in [0.25, 0.3) is 0 Å². The molecule has 0 aromatic heterocycles. The van der Waals surface area contributed by atoms with Crippen LogP contribution in [-0.2, 0) is 0 Å². The molecule has 0 aliphatic rings. The molecule has 0 rings (SSSR count). The van der Waals surface area contributed by atoms with E-state index in [0.29, 0.717) is 0 Å². The third kappa shape index (κ3) is 15.8. The van der Waals surface area contributed by atoms with E-state index < -0.39 is 0 Å². The molecule has 0 fully saturated rings. The summed E-state index contributed by atoms with van der Waals surface area (Å²) >= 11 is 5.63. The van der Waals surface area contributed by atoms with E-state index in [1.165, 1.54) is 64.2 Å². The van der Waals surface area contributed by atoms with Crippen LogP contribution in [0.5, 0.6) is 0 Å². The van der Waals surface area contributed by atoms with Crippen molar-refractivity contribution in [2.75, 3.05) is 5.88 Å². The first-order valence-electron chi connectivity index (χ1n) is 7.29. The lowest BCUT2D eigenvalue weighted by Crippen LogP contribution is -1.80. The number of unbranched alkanes of at least 4 members (excludes halogenated alkanes) is 8. The Morgan fingerprint density at radius 2 is 1.24 bits per heavy atom. The smallest absolute Gasteiger partial charge is 0.0223 e. The highest BCUT2D eigenvalue weighted by molar-refractivity contribution is 6.17. The normalized spacial score (nSPS) is 11.9. The molecule has 0 atom stereocenters. The maximum Gasteiger partial charge on any atom is 0.0223 e. The largest absolute Gasteiger partial charge is 0.127 e. The highest BCUT2D eigenvalue weighted by Gasteiger charge is 1.89. The number of rotatable bonds is 12. The zero-order chi connectivity index (χ0) is 12.6. The van der Waals surface area contributed by atoms with Gasteiger partial charge in [-0.25, -0.2) is 0 Å². The van der Waals surface area contributed by atoms with Crippen LogP contribution in [0.25, 0.3) is 0 Å². The third-order valence-corrected chi connectivity index (χ3v) is 3.13. The molecule has 0 saturated heterocycles. The van der Waals surface area contributed by atoms with Gasteiger partial charge in [0.05, 0.1) is 0 Å². The number of hydrogen-bond acceptors (Lipinski definition) is 0. The van der Waals surface area contributed by atoms with Crippen molar-refractivity contribution in [1.82, 2.24) is 0 Å². The first kappa shape index (κ1) is 16.8. The number of allylic oxidation sites excluding steroid dienone is 4. The quantitative estimate of drug-likeness (QED) is 0.220. The van der Waals surface area contributed by atoms with Crippen molar-refractivity contribution >= 4 is 11.6 Å². The fourth-order valence-electron chi connectivity index (χ4n) is 1.74. The summed E-state index contributed by atoms with van der Waals surface area (Å²) in [6, 6.07) is 0. The highest BCUT2D eigenvalue weighted by Crippen LogP contribution is 2.08. The summed E-state index contributed by atoms with van der Waals surface area (Å²) in [4.78, 5) is 0. The molecule has 0 amide bonds. The number of alkyl halides is 1. The SMILES string of the molecule is CCCC/C=C/C=C\CCCCCCCCCl. The summed E-state index contributed by atoms with van der Waals surface area (Å²) in [6.45, 7) is 2.23. The molecule has 0 aromatic rings. The Balaban J connectivity index is 3.11. The Bertz CT molecular complexity index is 182. The van der Waals surface area contributed by atoms with Gasteiger partial charge in [0, 0.05) is 5.88 Å². The van der Waals surface area contributed by atoms with Crippen LogP contribution >= 0.6 is 11.6 Å². The summed E-state index contributed by atoms with van der Waals surface area (Å²) < 4.78 is 0. The molecule has 0 N–H and O–H groups in total. The van der Waals surface area contributed by atoms with Crippen molar-refractivity contribution in [3.05, 3.63) is 24.3 Å². The van der Waals surface area contributed by atoms with E-state index in [4.69, 9.17) is 11.6 Å². The van der Waals surface area contributed by atoms with Crippen LogP contribution in [0.3, 0.4) is 0 Å². The second-order valence-corrected chi connectivity index (χ2v) is 4.98. The Hall–Kier alpha value is -0.230. The first-order valence-corrected chi connectivity index (χ1v) is 7.83. The van der Waals surface area contributed by atoms with Crippen molar-refractivity contribution in [2.24, 2.45) is 0 Å². The fourth-order valence-corrected chi connectivity index (χ4v) is 1.92. The van der Waals surface area contributed by atoms with Gasteiger partial charge in [0.1, 0.15) is 0 Å². The lowest BCUT2D eigenvalue weighted by Gasteiger charge is -1.98. The average Bonchev–Trinajstić information content (AvgIpc) is 2.35. The van der Waals surface area contributed by atoms with Crippen LogP contribution in [0.4, 0.5) is 0 Å². The molecular formula is C16H29Cl. The summed E-state index contributed by atoms with van der Waals surface area (Å²) in [6.07, 6.45) is 21.9. The molecule has 0 aliphatic carbocycles. The maximum atomic E-state index is 5.63. The Morgan fingerprint density at radius 3 is 1.82 bits per heavy atom. The zero-order valence-corrected chi connectivity index (χ0v) is 12.2. The molecule has 100 valence electrons. The van der Waals surface area contributed by atoms with Gasteiger partial charge >= 0.3 is 0 Å². The Morgan fingerprint density at radius 1 is 0.706 bits per heavy atom. The number of hydrogen-bond donors (Lipinski definition) is 0. The number of halogens is 1. The van der Waals surface area contributed by atoms with Crippen molar-refractivity contribution in [3.8, 4) is 0 Å². The molecule has 0 aliphatic heterocycles. The molecule has 0 saturated carbocycles. The highest BCUT2D eigenvalue weighted by atomic mass is 35.5. The first-order chi connectivity index (χ1) is 8.41. The van der Waals surface area contributed by atoms with Gasteiger partial charge in [-0.15, -0.1) is 11.6 Å². The third-order valence-electron chi connectivity index (χ3n) is 2.86. The predicted molar refractivity (Wildman–Crippen MR) is 80.8 cm³/mol. The molecule has 0 heterocycles. The summed E-state index contributed by atoms with van der Waals surface area (Å²) in [5.41, 5.74) is 0. The molecule has 0 unspecified atom stereocenters. The Kier molecular flexibility index (Phi) is 15.6. The van der Waals surface area contributed by atoms with E-state index >= 15 is 0 Å². The van der Waals surface area contributed by atoms with Crippen LogP contribution in [-0.4, -0.2) is 5.88 Å². The second kappa shape index (κ2) is 15.8. The molecule has 0 nitrogen and oxygen atoms in total. The van der Waals surface area contributed by atoms with Gasteiger partial charge in [-0.2, -0.15) is 0 Å². The van der Waals surface area contributed by atoms with Crippen LogP contribution in [0.2, 0.25) is 0 Å². The minimum absolute atomic E-state index is 0.826. The lowest BCUT2D eigenvalue weighted by molar-refractivity contribution is 0.612. The Labute approximate surface area is 113 Å². The molecule has 0 bridgehead atoms. The summed E-state index contributed by atoms with van der Waals surface area (Å²) in [7, 11) is 0. The van der Waals surface area contributed by atoms with Crippen LogP contribution in [0, 0.1) is 0 Å². The van der Waals surface area contributed by atoms with Crippen LogP contribution in [0.15, 0.2) is 24.3 Å². The molecule has 0 radical (unpaired) electrons. The lowest BCUT2D eigenvalue weighted by atomic mass is 10.1. The van der Waals surface area contributed by atoms with Crippen molar-refractivity contribution in [3.63, 3.8) is 0 Å². The van der Waals surface area contributed by atoms with Gasteiger partial charge in [-0.1, -0.05) is 69.8 Å². The van der Waals surface area contributed by atoms with E-state index in [1.807, 2.05) is 0 Å². The standard InChI is InChI=1S/C16H29Cl/c1-2-3-4-5-6-7-8-9-10-11-12-13-14-15-16-17/h5-8H,2-4,9-16H2,1H3/b6-5+,8-7-. The second-order valence-electron chi connectivity index (χ2n) is 4.60. The van der Waals surface area contributed by atoms with E-state index in [0.717, 1.165) is 5.88 Å². The summed E-state index contributed by atoms with van der Waals surface area (Å²) in [5, 5.41) is 0. The topological polar surface area (TPSA) is 0 Å². The van der Waals surface area contributed by atoms with Crippen molar-refractivity contribution in [2.45, 2.75) is 71.1 Å².